The number of nitrogens with one attached hydrogen (secondary N) is 6. The minimum absolute atomic E-state index is 0. The summed E-state index contributed by atoms with van der Waals surface area (Å²) in [6, 6.07) is -1.01. The van der Waals surface area contributed by atoms with E-state index in [2.05, 4.69) is 111 Å². The van der Waals surface area contributed by atoms with Crippen molar-refractivity contribution in [1.29, 1.82) is 0 Å². The first kappa shape index (κ1) is 48.1. The van der Waals surface area contributed by atoms with Crippen molar-refractivity contribution in [2.24, 2.45) is 22.7 Å². The second kappa shape index (κ2) is 20.4. The van der Waals surface area contributed by atoms with Gasteiger partial charge in [0.25, 0.3) is 0 Å². The Morgan fingerprint density at radius 3 is 1.13 bits per heavy atom. The fourth-order valence-corrected chi connectivity index (χ4v) is 13.9. The molecule has 0 aromatic carbocycles. The van der Waals surface area contributed by atoms with E-state index in [0.29, 0.717) is 37.0 Å². The molecule has 15 heteroatoms. The molecule has 304 valence electrons. The van der Waals surface area contributed by atoms with Crippen molar-refractivity contribution in [2.45, 2.75) is 144 Å². The molecule has 0 aliphatic heterocycles. The molecule has 12 nitrogen and oxygen atoms in total. The van der Waals surface area contributed by atoms with E-state index >= 15 is 0 Å². The zero-order valence-corrected chi connectivity index (χ0v) is 38.6. The summed E-state index contributed by atoms with van der Waals surface area (Å²) in [5, 5.41) is 12.9. The number of carbonyl (C=O) groups excluding carboxylic acids is 6. The summed E-state index contributed by atoms with van der Waals surface area (Å²) < 4.78 is 0. The van der Waals surface area contributed by atoms with Crippen molar-refractivity contribution in [3.8, 4) is 0 Å². The van der Waals surface area contributed by atoms with Crippen LogP contribution < -0.4 is 31.2 Å². The summed E-state index contributed by atoms with van der Waals surface area (Å²) in [7, 11) is -4.92. The number of amides is 6. The Morgan fingerprint density at radius 1 is 0.564 bits per heavy atom. The summed E-state index contributed by atoms with van der Waals surface area (Å²) in [5.74, 6) is 0.378. The summed E-state index contributed by atoms with van der Waals surface area (Å²) in [6.07, 6.45) is 19.7. The summed E-state index contributed by atoms with van der Waals surface area (Å²) >= 11 is 0. The molecule has 0 aromatic heterocycles. The van der Waals surface area contributed by atoms with Gasteiger partial charge in [0.15, 0.2) is 0 Å². The van der Waals surface area contributed by atoms with Crippen LogP contribution in [0.3, 0.4) is 0 Å². The van der Waals surface area contributed by atoms with Crippen molar-refractivity contribution in [1.82, 2.24) is 31.2 Å². The van der Waals surface area contributed by atoms with Gasteiger partial charge in [-0.25, -0.2) is 23.3 Å². The van der Waals surface area contributed by atoms with Gasteiger partial charge in [0.2, 0.25) is 37.5 Å². The Bertz CT molecular complexity index is 1430. The van der Waals surface area contributed by atoms with Gasteiger partial charge >= 0.3 is 21.1 Å². The zero-order valence-electron chi connectivity index (χ0n) is 34.5. The molecule has 0 heterocycles. The van der Waals surface area contributed by atoms with Crippen LogP contribution in [0, 0.1) is 34.8 Å². The van der Waals surface area contributed by atoms with Gasteiger partial charge in [-0.2, -0.15) is 10.4 Å². The Kier molecular flexibility index (Phi) is 17.8. The normalized spacial score (nSPS) is 21.1. The minimum Gasteiger partial charge on any atom is -0.392 e. The molecule has 0 radical (unpaired) electrons. The number of hydrogen-bond donors (Lipinski definition) is 6. The molecule has 0 saturated heterocycles. The standard InChI is InChI=1S/2C20H32N3O3Si.Mo/c2*1-20(2,3)15-11-16(21-12-24)17(22-13-25)18(15)27(4,5)23-19(26)14-9-7-6-8-10-14;/h2*12-14,16H,6-10H2,1-5H3,(H,21,24)(H,22,25)(H,23,26);/q2*-1;+2. The fourth-order valence-electron chi connectivity index (χ4n) is 8.12. The molecule has 4 aliphatic carbocycles. The summed E-state index contributed by atoms with van der Waals surface area (Å²) in [5.41, 5.74) is 2.69. The average molecular weight is 877 g/mol. The molecule has 2 unspecified atom stereocenters. The van der Waals surface area contributed by atoms with Crippen LogP contribution >= 0.6 is 0 Å². The van der Waals surface area contributed by atoms with Crippen LogP contribution in [-0.4, -0.2) is 66.0 Å². The van der Waals surface area contributed by atoms with Crippen LogP contribution in [0.5, 0.6) is 0 Å². The van der Waals surface area contributed by atoms with Gasteiger partial charge in [0, 0.05) is 11.8 Å². The van der Waals surface area contributed by atoms with E-state index < -0.39 is 28.6 Å². The minimum atomic E-state index is -2.46. The molecule has 6 N–H and O–H groups in total. The summed E-state index contributed by atoms with van der Waals surface area (Å²) in [6.45, 7) is 20.7. The van der Waals surface area contributed by atoms with Gasteiger partial charge < -0.3 is 31.2 Å². The van der Waals surface area contributed by atoms with Crippen LogP contribution in [0.1, 0.15) is 106 Å². The topological polar surface area (TPSA) is 175 Å². The van der Waals surface area contributed by atoms with Gasteiger partial charge in [0.1, 0.15) is 0 Å². The molecule has 4 rings (SSSR count). The maximum Gasteiger partial charge on any atom is 2.00 e. The van der Waals surface area contributed by atoms with E-state index in [1.807, 2.05) is 0 Å². The molecule has 0 spiro atoms. The summed E-state index contributed by atoms with van der Waals surface area (Å²) in [4.78, 5) is 77.1. The second-order valence-electron chi connectivity index (χ2n) is 18.0. The van der Waals surface area contributed by atoms with Crippen LogP contribution in [-0.2, 0) is 49.8 Å². The van der Waals surface area contributed by atoms with Gasteiger partial charge in [-0.3, -0.25) is 28.8 Å². The number of carbonyl (C=O) groups is 6. The first-order valence-electron chi connectivity index (χ1n) is 19.4. The maximum absolute atomic E-state index is 12.9. The van der Waals surface area contributed by atoms with Crippen molar-refractivity contribution >= 4 is 53.9 Å². The molecular formula is C40H64MoN6O6Si2. The monoisotopic (exact) mass is 878 g/mol. The third-order valence-electron chi connectivity index (χ3n) is 10.7. The van der Waals surface area contributed by atoms with E-state index in [4.69, 9.17) is 0 Å². The largest absolute Gasteiger partial charge is 2.00 e. The van der Waals surface area contributed by atoms with Crippen LogP contribution in [0.2, 0.25) is 26.2 Å². The van der Waals surface area contributed by atoms with Crippen LogP contribution in [0.15, 0.2) is 32.9 Å². The molecule has 2 fully saturated rings. The van der Waals surface area contributed by atoms with Crippen molar-refractivity contribution in [3.05, 3.63) is 45.1 Å². The molecule has 6 amide bonds. The van der Waals surface area contributed by atoms with E-state index in [9.17, 15) is 28.8 Å². The van der Waals surface area contributed by atoms with Crippen molar-refractivity contribution < 1.29 is 49.8 Å². The molecule has 2 saturated carbocycles. The molecule has 0 aromatic rings. The molecule has 0 bridgehead atoms. The first-order valence-corrected chi connectivity index (χ1v) is 25.4. The van der Waals surface area contributed by atoms with E-state index in [0.717, 1.165) is 72.9 Å². The maximum atomic E-state index is 12.9. The molecule has 55 heavy (non-hydrogen) atoms. The van der Waals surface area contributed by atoms with Crippen molar-refractivity contribution in [3.63, 3.8) is 0 Å². The van der Waals surface area contributed by atoms with Gasteiger partial charge in [-0.15, -0.1) is 0 Å². The SMILES string of the molecule is CC(C)(C)C1=[C-]C(NC=O)C(NC=O)=C1[Si](C)(C)NC(=O)C1CCCCC1.CC(C)(C)C1=[C-]C(NC=O)C(NC=O)=C1[Si](C)(C)NC(=O)C1CCCCC1.[Mo+2]. The Labute approximate surface area is 345 Å². The molecule has 2 atom stereocenters. The third kappa shape index (κ3) is 12.4. The third-order valence-corrected chi connectivity index (χ3v) is 15.9. The second-order valence-corrected chi connectivity index (χ2v) is 26.0. The average Bonchev–Trinajstić information content (AvgIpc) is 3.66. The van der Waals surface area contributed by atoms with E-state index in [1.54, 1.807) is 0 Å². The van der Waals surface area contributed by atoms with E-state index in [1.165, 1.54) is 12.8 Å². The molecular weight excluding hydrogens is 813 g/mol. The number of rotatable bonds is 14. The molecule has 4 aliphatic rings. The Morgan fingerprint density at radius 2 is 0.873 bits per heavy atom. The fraction of sp³-hybridized carbons (Fsp3) is 0.650. The van der Waals surface area contributed by atoms with Gasteiger partial charge in [-0.1, -0.05) is 118 Å². The Hall–Kier alpha value is -3.10. The quantitative estimate of drug-likeness (QED) is 0.0842. The Balaban J connectivity index is 0.000000373. The number of hydrogen-bond acceptors (Lipinski definition) is 6. The van der Waals surface area contributed by atoms with E-state index in [-0.39, 0.29) is 55.5 Å². The van der Waals surface area contributed by atoms with Crippen molar-refractivity contribution in [2.75, 3.05) is 0 Å². The zero-order chi connectivity index (χ0) is 40.5. The first-order chi connectivity index (χ1) is 25.2. The predicted octanol–water partition coefficient (Wildman–Crippen LogP) is 4.66. The van der Waals surface area contributed by atoms with Crippen LogP contribution in [0.4, 0.5) is 0 Å². The van der Waals surface area contributed by atoms with Crippen LogP contribution in [0.25, 0.3) is 0 Å². The van der Waals surface area contributed by atoms with Gasteiger partial charge in [0.05, 0.1) is 16.5 Å². The predicted molar refractivity (Wildman–Crippen MR) is 215 cm³/mol. The number of allylic oxidation sites excluding steroid dienone is 4. The smallest absolute Gasteiger partial charge is 0.392 e. The van der Waals surface area contributed by atoms with Gasteiger partial charge in [-0.05, 0) is 48.6 Å².